The van der Waals surface area contributed by atoms with Gasteiger partial charge < -0.3 is 11.5 Å². The van der Waals surface area contributed by atoms with Crippen molar-refractivity contribution in [2.75, 3.05) is 5.73 Å². The zero-order valence-corrected chi connectivity index (χ0v) is 8.18. The summed E-state index contributed by atoms with van der Waals surface area (Å²) in [6, 6.07) is 1.45. The monoisotopic (exact) mass is 251 g/mol. The smallest absolute Gasteiger partial charge is 0.280 e. The molecule has 0 aliphatic heterocycles. The number of hydrogen-bond acceptors (Lipinski definition) is 3. The third-order valence-electron chi connectivity index (χ3n) is 1.53. The first-order valence-corrected chi connectivity index (χ1v) is 4.28. The third-order valence-corrected chi connectivity index (χ3v) is 2.24. The summed E-state index contributed by atoms with van der Waals surface area (Å²) in [4.78, 5) is 3.52. The molecule has 0 aliphatic rings. The third kappa shape index (κ3) is 2.13. The van der Waals surface area contributed by atoms with E-state index in [0.717, 1.165) is 0 Å². The lowest BCUT2D eigenvalue weighted by atomic mass is 10.2. The Morgan fingerprint density at radius 1 is 1.54 bits per heavy atom. The summed E-state index contributed by atoms with van der Waals surface area (Å²) in [6.07, 6.45) is -2.65. The number of hydrogen-bond donors (Lipinski definition) is 2. The van der Waals surface area contributed by atoms with E-state index in [9.17, 15) is 8.78 Å². The van der Waals surface area contributed by atoms with E-state index in [2.05, 4.69) is 20.9 Å². The zero-order chi connectivity index (χ0) is 10.0. The summed E-state index contributed by atoms with van der Waals surface area (Å²) in [7, 11) is 0. The van der Waals surface area contributed by atoms with E-state index in [-0.39, 0.29) is 18.1 Å². The van der Waals surface area contributed by atoms with Gasteiger partial charge in [0.15, 0.2) is 0 Å². The lowest BCUT2D eigenvalue weighted by Crippen LogP contribution is -2.07. The maximum absolute atomic E-state index is 12.4. The van der Waals surface area contributed by atoms with E-state index in [4.69, 9.17) is 11.5 Å². The van der Waals surface area contributed by atoms with Gasteiger partial charge in [0, 0.05) is 16.6 Å². The van der Waals surface area contributed by atoms with E-state index in [0.29, 0.717) is 10.0 Å². The number of nitrogens with zero attached hydrogens (tertiary/aromatic N) is 1. The average Bonchev–Trinajstić information content (AvgIpc) is 2.02. The van der Waals surface area contributed by atoms with Crippen molar-refractivity contribution in [2.24, 2.45) is 5.73 Å². The Morgan fingerprint density at radius 2 is 2.15 bits per heavy atom. The van der Waals surface area contributed by atoms with Gasteiger partial charge in [-0.05, 0) is 6.07 Å². The quantitative estimate of drug-likeness (QED) is 0.843. The number of anilines is 1. The number of alkyl halides is 2. The van der Waals surface area contributed by atoms with Crippen LogP contribution < -0.4 is 11.5 Å². The summed E-state index contributed by atoms with van der Waals surface area (Å²) in [5.41, 5.74) is 10.5. The van der Waals surface area contributed by atoms with Gasteiger partial charge in [-0.25, -0.2) is 13.8 Å². The molecule has 0 amide bonds. The molecule has 13 heavy (non-hydrogen) atoms. The fraction of sp³-hybridized carbons (Fsp3) is 0.286. The minimum absolute atomic E-state index is 0.00748. The molecule has 0 spiro atoms. The number of halogens is 3. The molecule has 0 unspecified atom stereocenters. The van der Waals surface area contributed by atoms with Crippen LogP contribution in [0.5, 0.6) is 0 Å². The Bertz CT molecular complexity index is 317. The van der Waals surface area contributed by atoms with E-state index in [1.807, 2.05) is 0 Å². The fourth-order valence-electron chi connectivity index (χ4n) is 0.961. The molecule has 3 nitrogen and oxygen atoms in total. The highest BCUT2D eigenvalue weighted by Gasteiger charge is 2.17. The van der Waals surface area contributed by atoms with Crippen molar-refractivity contribution in [3.8, 4) is 0 Å². The van der Waals surface area contributed by atoms with Crippen molar-refractivity contribution < 1.29 is 8.78 Å². The predicted molar refractivity (Wildman–Crippen MR) is 49.2 cm³/mol. The molecule has 1 aromatic heterocycles. The Labute approximate surface area is 82.3 Å². The molecule has 0 saturated carbocycles. The molecule has 1 rings (SSSR count). The normalized spacial score (nSPS) is 10.8. The number of aromatic nitrogens is 1. The van der Waals surface area contributed by atoms with E-state index >= 15 is 0 Å². The molecule has 4 N–H and O–H groups in total. The van der Waals surface area contributed by atoms with Crippen LogP contribution in [0.2, 0.25) is 0 Å². The molecule has 0 saturated heterocycles. The van der Waals surface area contributed by atoms with Gasteiger partial charge >= 0.3 is 0 Å². The second-order valence-corrected chi connectivity index (χ2v) is 3.25. The average molecular weight is 252 g/mol. The van der Waals surface area contributed by atoms with Crippen molar-refractivity contribution in [1.82, 2.24) is 4.98 Å². The predicted octanol–water partition coefficient (Wildman–Crippen LogP) is 1.82. The zero-order valence-electron chi connectivity index (χ0n) is 6.60. The maximum atomic E-state index is 12.4. The van der Waals surface area contributed by atoms with Gasteiger partial charge in [-0.1, -0.05) is 15.9 Å². The van der Waals surface area contributed by atoms with E-state index in [1.165, 1.54) is 6.07 Å². The van der Waals surface area contributed by atoms with Crippen LogP contribution >= 0.6 is 15.9 Å². The van der Waals surface area contributed by atoms with Crippen molar-refractivity contribution >= 4 is 21.7 Å². The fourth-order valence-corrected chi connectivity index (χ4v) is 1.56. The number of rotatable bonds is 2. The first-order chi connectivity index (χ1) is 6.06. The summed E-state index contributed by atoms with van der Waals surface area (Å²) in [5, 5.41) is 0. The maximum Gasteiger partial charge on any atom is 0.280 e. The molecule has 1 aromatic rings. The largest absolute Gasteiger partial charge is 0.384 e. The van der Waals surface area contributed by atoms with Crippen molar-refractivity contribution in [3.63, 3.8) is 0 Å². The minimum atomic E-state index is -2.65. The lowest BCUT2D eigenvalue weighted by Gasteiger charge is -2.08. The molecule has 0 radical (unpaired) electrons. The molecule has 6 heteroatoms. The van der Waals surface area contributed by atoms with E-state index in [1.54, 1.807) is 0 Å². The Morgan fingerprint density at radius 3 is 2.62 bits per heavy atom. The van der Waals surface area contributed by atoms with Gasteiger partial charge in [-0.15, -0.1) is 0 Å². The molecule has 72 valence electrons. The Hall–Kier alpha value is -0.750. The molecule has 0 aromatic carbocycles. The lowest BCUT2D eigenvalue weighted by molar-refractivity contribution is 0.145. The molecule has 0 bridgehead atoms. The van der Waals surface area contributed by atoms with Gasteiger partial charge in [-0.2, -0.15) is 0 Å². The number of nitrogen functional groups attached to an aromatic ring is 1. The topological polar surface area (TPSA) is 64.9 Å². The Balaban J connectivity index is 3.29. The first-order valence-electron chi connectivity index (χ1n) is 3.49. The van der Waals surface area contributed by atoms with Crippen molar-refractivity contribution in [3.05, 3.63) is 21.8 Å². The van der Waals surface area contributed by atoms with Crippen LogP contribution in [0.15, 0.2) is 10.5 Å². The molecule has 0 aliphatic carbocycles. The second kappa shape index (κ2) is 3.97. The van der Waals surface area contributed by atoms with Crippen LogP contribution in [-0.2, 0) is 6.54 Å². The molecule has 0 atom stereocenters. The van der Waals surface area contributed by atoms with Gasteiger partial charge in [0.05, 0.1) is 0 Å². The summed E-state index contributed by atoms with van der Waals surface area (Å²) in [6.45, 7) is 0.00748. The van der Waals surface area contributed by atoms with Crippen LogP contribution in [0.4, 0.5) is 14.6 Å². The molecular weight excluding hydrogens is 244 g/mol. The Kier molecular flexibility index (Phi) is 3.16. The highest BCUT2D eigenvalue weighted by Crippen LogP contribution is 2.28. The van der Waals surface area contributed by atoms with Crippen LogP contribution in [0.3, 0.4) is 0 Å². The van der Waals surface area contributed by atoms with Crippen LogP contribution in [0, 0.1) is 0 Å². The summed E-state index contributed by atoms with van der Waals surface area (Å²) >= 11 is 3.09. The first kappa shape index (κ1) is 10.3. The van der Waals surface area contributed by atoms with Gasteiger partial charge in [0.1, 0.15) is 11.5 Å². The number of nitrogens with two attached hydrogens (primary N) is 2. The van der Waals surface area contributed by atoms with Crippen LogP contribution in [0.1, 0.15) is 17.7 Å². The van der Waals surface area contributed by atoms with Gasteiger partial charge in [0.25, 0.3) is 6.43 Å². The number of pyridine rings is 1. The SMILES string of the molecule is NCc1c(Br)cc(N)nc1C(F)F. The molecular formula is C7H8BrF2N3. The molecule has 0 fully saturated rings. The summed E-state index contributed by atoms with van der Waals surface area (Å²) < 4.78 is 25.2. The van der Waals surface area contributed by atoms with Gasteiger partial charge in [-0.3, -0.25) is 0 Å². The minimum Gasteiger partial charge on any atom is -0.384 e. The van der Waals surface area contributed by atoms with Crippen LogP contribution in [0.25, 0.3) is 0 Å². The molecule has 1 heterocycles. The highest BCUT2D eigenvalue weighted by atomic mass is 79.9. The second-order valence-electron chi connectivity index (χ2n) is 2.40. The highest BCUT2D eigenvalue weighted by molar-refractivity contribution is 9.10. The summed E-state index contributed by atoms with van der Waals surface area (Å²) in [5.74, 6) is 0.0550. The van der Waals surface area contributed by atoms with Crippen LogP contribution in [-0.4, -0.2) is 4.98 Å². The van der Waals surface area contributed by atoms with Gasteiger partial charge in [0.2, 0.25) is 0 Å². The van der Waals surface area contributed by atoms with Crippen molar-refractivity contribution in [2.45, 2.75) is 13.0 Å². The van der Waals surface area contributed by atoms with Crippen molar-refractivity contribution in [1.29, 1.82) is 0 Å². The standard InChI is InChI=1S/C7H8BrF2N3/c8-4-1-5(12)13-6(7(9)10)3(4)2-11/h1,7H,2,11H2,(H2,12,13). The van der Waals surface area contributed by atoms with E-state index < -0.39 is 6.43 Å².